The first-order valence-electron chi connectivity index (χ1n) is 16.9. The molecule has 0 aromatic rings. The molecule has 0 spiro atoms. The van der Waals surface area contributed by atoms with Gasteiger partial charge < -0.3 is 28.4 Å². The summed E-state index contributed by atoms with van der Waals surface area (Å²) in [6.07, 6.45) is 18.3. The Hall–Kier alpha value is -0.240. The topological polar surface area (TPSA) is 75.2 Å². The Morgan fingerprint density at radius 3 is 1.43 bits per heavy atom. The zero-order chi connectivity index (χ0) is 29.8. The second-order valence-corrected chi connectivity index (χ2v) is 13.6. The third-order valence-corrected chi connectivity index (χ3v) is 8.26. The minimum absolute atomic E-state index is 0.218. The van der Waals surface area contributed by atoms with E-state index in [0.717, 1.165) is 25.7 Å². The van der Waals surface area contributed by atoms with Crippen molar-refractivity contribution in [3.8, 4) is 0 Å². The second kappa shape index (κ2) is 17.8. The van der Waals surface area contributed by atoms with Crippen LogP contribution in [-0.2, 0) is 28.4 Å². The number of epoxide rings is 6. The van der Waals surface area contributed by atoms with Crippen LogP contribution in [0.5, 0.6) is 0 Å². The molecule has 0 N–H and O–H groups in total. The lowest BCUT2D eigenvalue weighted by atomic mass is 10.1. The Bertz CT molecular complexity index is 647. The van der Waals surface area contributed by atoms with Crippen LogP contribution in [0.2, 0.25) is 0 Å². The molecule has 3 unspecified atom stereocenters. The highest BCUT2D eigenvalue weighted by molar-refractivity contribution is 4.94. The summed E-state index contributed by atoms with van der Waals surface area (Å²) in [6, 6.07) is 0. The van der Waals surface area contributed by atoms with Gasteiger partial charge in [-0.05, 0) is 78.6 Å². The maximum absolute atomic E-state index is 5.34. The lowest BCUT2D eigenvalue weighted by molar-refractivity contribution is 0.283. The van der Waals surface area contributed by atoms with Gasteiger partial charge in [0, 0.05) is 0 Å². The van der Waals surface area contributed by atoms with Gasteiger partial charge >= 0.3 is 0 Å². The quantitative estimate of drug-likeness (QED) is 0.260. The monoisotopic (exact) mass is 570 g/mol. The second-order valence-electron chi connectivity index (χ2n) is 13.6. The average Bonchev–Trinajstić information content (AvgIpc) is 3.69. The highest BCUT2D eigenvalue weighted by atomic mass is 16.6. The fourth-order valence-corrected chi connectivity index (χ4v) is 5.01. The number of rotatable bonds is 9. The molecule has 1 saturated carbocycles. The Kier molecular flexibility index (Phi) is 16.0. The molecule has 6 heterocycles. The molecule has 0 aromatic carbocycles. The number of hydrogen-bond acceptors (Lipinski definition) is 6. The van der Waals surface area contributed by atoms with Gasteiger partial charge in [0.15, 0.2) is 0 Å². The smallest absolute Gasteiger partial charge is 0.0892 e. The van der Waals surface area contributed by atoms with Gasteiger partial charge in [-0.15, -0.1) is 0 Å². The largest absolute Gasteiger partial charge is 0.373 e. The van der Waals surface area contributed by atoms with Crippen LogP contribution in [0.15, 0.2) is 0 Å². The van der Waals surface area contributed by atoms with Crippen molar-refractivity contribution in [3.63, 3.8) is 0 Å². The van der Waals surface area contributed by atoms with Gasteiger partial charge in [-0.1, -0.05) is 67.2 Å². The van der Waals surface area contributed by atoms with Crippen molar-refractivity contribution >= 4 is 0 Å². The van der Waals surface area contributed by atoms with Crippen LogP contribution in [0.1, 0.15) is 140 Å². The van der Waals surface area contributed by atoms with Crippen LogP contribution in [0.4, 0.5) is 0 Å². The third-order valence-electron chi connectivity index (χ3n) is 8.26. The van der Waals surface area contributed by atoms with Crippen molar-refractivity contribution in [2.75, 3.05) is 19.8 Å². The zero-order valence-corrected chi connectivity index (χ0v) is 28.0. The SMILES string of the molecule is CC1CC2O[C@@H]2C1.CCCC1O[C@@H]1CC.CCC[C@@H]1CO1.CCC[C@@]1(C)CO1.CCC[C@H]1OC1(C)C.C[C@H]1CO1. The van der Waals surface area contributed by atoms with Crippen molar-refractivity contribution < 1.29 is 28.4 Å². The molecule has 6 nitrogen and oxygen atoms in total. The van der Waals surface area contributed by atoms with Crippen molar-refractivity contribution in [1.29, 1.82) is 0 Å². The predicted octanol–water partition coefficient (Wildman–Crippen LogP) is 8.28. The van der Waals surface area contributed by atoms with E-state index in [-0.39, 0.29) is 5.60 Å². The summed E-state index contributed by atoms with van der Waals surface area (Å²) in [4.78, 5) is 0. The molecule has 0 bridgehead atoms. The van der Waals surface area contributed by atoms with E-state index in [1.54, 1.807) is 0 Å². The molecular formula is C34H66O6. The van der Waals surface area contributed by atoms with E-state index in [1.807, 2.05) is 0 Å². The number of fused-ring (bicyclic) bond motifs is 1. The number of hydrogen-bond donors (Lipinski definition) is 0. The first-order valence-corrected chi connectivity index (χ1v) is 16.9. The van der Waals surface area contributed by atoms with Gasteiger partial charge in [0.25, 0.3) is 0 Å². The Labute approximate surface area is 247 Å². The molecule has 6 saturated heterocycles. The maximum atomic E-state index is 5.34. The van der Waals surface area contributed by atoms with E-state index in [1.165, 1.54) is 70.6 Å². The summed E-state index contributed by atoms with van der Waals surface area (Å²) in [5, 5.41) is 0. The molecule has 7 aliphatic rings. The van der Waals surface area contributed by atoms with E-state index in [0.29, 0.717) is 48.3 Å². The minimum atomic E-state index is 0.218. The van der Waals surface area contributed by atoms with Gasteiger partial charge in [0.05, 0.1) is 73.8 Å². The third kappa shape index (κ3) is 17.0. The van der Waals surface area contributed by atoms with Gasteiger partial charge in [-0.2, -0.15) is 0 Å². The van der Waals surface area contributed by atoms with Crippen LogP contribution in [0.25, 0.3) is 0 Å². The van der Waals surface area contributed by atoms with E-state index in [2.05, 4.69) is 69.2 Å². The van der Waals surface area contributed by atoms with Gasteiger partial charge in [0.2, 0.25) is 0 Å². The van der Waals surface area contributed by atoms with E-state index in [9.17, 15) is 0 Å². The Morgan fingerprint density at radius 2 is 1.23 bits per heavy atom. The molecule has 238 valence electrons. The molecule has 7 fully saturated rings. The van der Waals surface area contributed by atoms with Crippen LogP contribution in [0.3, 0.4) is 0 Å². The average molecular weight is 571 g/mol. The highest BCUT2D eigenvalue weighted by Crippen LogP contribution is 2.41. The lowest BCUT2D eigenvalue weighted by Gasteiger charge is -1.98. The van der Waals surface area contributed by atoms with Crippen LogP contribution in [-0.4, -0.2) is 73.8 Å². The van der Waals surface area contributed by atoms with Crippen molar-refractivity contribution in [2.24, 2.45) is 5.92 Å². The fourth-order valence-electron chi connectivity index (χ4n) is 5.01. The van der Waals surface area contributed by atoms with E-state index < -0.39 is 0 Å². The molecule has 0 aromatic heterocycles. The predicted molar refractivity (Wildman–Crippen MR) is 164 cm³/mol. The number of ether oxygens (including phenoxy) is 6. The minimum Gasteiger partial charge on any atom is -0.373 e. The van der Waals surface area contributed by atoms with Gasteiger partial charge in [-0.25, -0.2) is 0 Å². The molecular weight excluding hydrogens is 504 g/mol. The summed E-state index contributed by atoms with van der Waals surface area (Å²) in [7, 11) is 0. The van der Waals surface area contributed by atoms with Crippen molar-refractivity contribution in [2.45, 2.75) is 194 Å². The molecule has 6 aliphatic heterocycles. The van der Waals surface area contributed by atoms with Crippen molar-refractivity contribution in [1.82, 2.24) is 0 Å². The molecule has 9 atom stereocenters. The maximum Gasteiger partial charge on any atom is 0.0892 e. The van der Waals surface area contributed by atoms with E-state index >= 15 is 0 Å². The summed E-state index contributed by atoms with van der Waals surface area (Å²) >= 11 is 0. The summed E-state index contributed by atoms with van der Waals surface area (Å²) < 4.78 is 30.7. The van der Waals surface area contributed by atoms with Gasteiger partial charge in [-0.3, -0.25) is 0 Å². The zero-order valence-electron chi connectivity index (χ0n) is 28.0. The standard InChI is InChI=1S/2C7H14O.C6H10O.C6H12O.C5H10O.C3H6O/c1-4-5-6-7(2,3)8-6;1-3-5-7-6(4-2)8-7;1-4-2-5-6(3-4)7-5;1-3-4-6(2)5-7-6;1-2-3-5-4-6-5;1-3-2-4-3/h6H,4-5H2,1-3H3;6-7H,3-5H2,1-2H3;4-6H,2-3H2,1H3;3-5H2,1-2H3;5H,2-4H2,1H3;3H,2H2,1H3/t6-;6-,7?;4?,5-,6?;6-;5-;3-/m111010/s1. The molecule has 40 heavy (non-hydrogen) atoms. The normalized spacial score (nSPS) is 38.9. The fraction of sp³-hybridized carbons (Fsp3) is 1.00. The molecule has 0 amide bonds. The first-order chi connectivity index (χ1) is 19.0. The van der Waals surface area contributed by atoms with Crippen LogP contribution >= 0.6 is 0 Å². The molecule has 1 aliphatic carbocycles. The van der Waals surface area contributed by atoms with E-state index in [4.69, 9.17) is 28.4 Å². The Morgan fingerprint density at radius 1 is 0.700 bits per heavy atom. The lowest BCUT2D eigenvalue weighted by Crippen LogP contribution is -2.01. The molecule has 7 rings (SSSR count). The first kappa shape index (κ1) is 36.0. The summed E-state index contributed by atoms with van der Waals surface area (Å²) in [5.41, 5.74) is 0.519. The van der Waals surface area contributed by atoms with Crippen molar-refractivity contribution in [3.05, 3.63) is 0 Å². The molecule has 0 radical (unpaired) electrons. The summed E-state index contributed by atoms with van der Waals surface area (Å²) in [5.74, 6) is 0.948. The van der Waals surface area contributed by atoms with Crippen LogP contribution < -0.4 is 0 Å². The van der Waals surface area contributed by atoms with Crippen LogP contribution in [0, 0.1) is 5.92 Å². The molecule has 6 heteroatoms. The Balaban J connectivity index is 0.000000170. The van der Waals surface area contributed by atoms with Gasteiger partial charge in [0.1, 0.15) is 0 Å². The summed E-state index contributed by atoms with van der Waals surface area (Å²) in [6.45, 7) is 24.8. The highest BCUT2D eigenvalue weighted by Gasteiger charge is 2.46.